The average molecular weight is 348 g/mol. The summed E-state index contributed by atoms with van der Waals surface area (Å²) in [5.41, 5.74) is 1.27. The van der Waals surface area contributed by atoms with E-state index in [-0.39, 0.29) is 29.5 Å². The largest absolute Gasteiger partial charge is 0.461 e. The quantitative estimate of drug-likeness (QED) is 0.663. The summed E-state index contributed by atoms with van der Waals surface area (Å²) < 4.78 is 24.5. The van der Waals surface area contributed by atoms with Crippen LogP contribution in [0.5, 0.6) is 0 Å². The number of hydrogen-bond donors (Lipinski definition) is 0. The zero-order valence-electron chi connectivity index (χ0n) is 12.7. The molecule has 0 aliphatic rings. The van der Waals surface area contributed by atoms with Crippen LogP contribution in [-0.4, -0.2) is 22.1 Å². The molecule has 2 aromatic heterocycles. The van der Waals surface area contributed by atoms with E-state index in [1.807, 2.05) is 0 Å². The highest BCUT2D eigenvalue weighted by Crippen LogP contribution is 2.19. The van der Waals surface area contributed by atoms with Crippen LogP contribution in [0.4, 0.5) is 4.39 Å². The molecule has 0 unspecified atom stereocenters. The van der Waals surface area contributed by atoms with Gasteiger partial charge in [-0.2, -0.15) is 0 Å². The number of rotatable bonds is 5. The van der Waals surface area contributed by atoms with E-state index in [0.29, 0.717) is 17.1 Å². The standard InChI is InChI=1S/C16H13FN2O4S/c1-2-22-15(20)13-9-24-16(21)19(13)7-12-8-23-14(18-12)10-3-5-11(17)6-4-10/h3-6,8-9H,2,7H2,1H3. The number of oxazole rings is 1. The number of aromatic nitrogens is 2. The topological polar surface area (TPSA) is 74.3 Å². The van der Waals surface area contributed by atoms with Gasteiger partial charge in [0, 0.05) is 10.9 Å². The van der Waals surface area contributed by atoms with Gasteiger partial charge >= 0.3 is 10.8 Å². The zero-order chi connectivity index (χ0) is 17.1. The van der Waals surface area contributed by atoms with Crippen molar-refractivity contribution in [3.05, 3.63) is 62.8 Å². The van der Waals surface area contributed by atoms with E-state index in [4.69, 9.17) is 9.15 Å². The number of nitrogens with zero attached hydrogens (tertiary/aromatic N) is 2. The van der Waals surface area contributed by atoms with Crippen LogP contribution >= 0.6 is 11.3 Å². The molecule has 0 radical (unpaired) electrons. The second kappa shape index (κ2) is 6.79. The number of halogens is 1. The Morgan fingerprint density at radius 3 is 2.83 bits per heavy atom. The maximum atomic E-state index is 13.0. The molecule has 0 saturated heterocycles. The second-order valence-electron chi connectivity index (χ2n) is 4.84. The Kier molecular flexibility index (Phi) is 4.57. The van der Waals surface area contributed by atoms with Crippen molar-refractivity contribution in [3.8, 4) is 11.5 Å². The Labute approximate surface area is 140 Å². The number of carbonyl (C=O) groups excluding carboxylic acids is 1. The Morgan fingerprint density at radius 1 is 1.38 bits per heavy atom. The number of carbonyl (C=O) groups is 1. The zero-order valence-corrected chi connectivity index (χ0v) is 13.5. The van der Waals surface area contributed by atoms with Crippen molar-refractivity contribution in [2.45, 2.75) is 13.5 Å². The lowest BCUT2D eigenvalue weighted by molar-refractivity contribution is 0.0514. The van der Waals surface area contributed by atoms with Crippen LogP contribution in [0, 0.1) is 5.82 Å². The lowest BCUT2D eigenvalue weighted by Gasteiger charge is -2.04. The summed E-state index contributed by atoms with van der Waals surface area (Å²) in [6.07, 6.45) is 1.40. The van der Waals surface area contributed by atoms with Gasteiger partial charge in [-0.15, -0.1) is 0 Å². The number of thiazole rings is 1. The van der Waals surface area contributed by atoms with Crippen molar-refractivity contribution in [2.75, 3.05) is 6.61 Å². The van der Waals surface area contributed by atoms with Gasteiger partial charge in [-0.05, 0) is 31.2 Å². The molecule has 124 valence electrons. The summed E-state index contributed by atoms with van der Waals surface area (Å²) >= 11 is 0.916. The van der Waals surface area contributed by atoms with Crippen molar-refractivity contribution in [3.63, 3.8) is 0 Å². The molecule has 1 aromatic carbocycles. The molecule has 0 saturated carbocycles. The molecule has 0 atom stereocenters. The van der Waals surface area contributed by atoms with Gasteiger partial charge in [-0.25, -0.2) is 14.2 Å². The van der Waals surface area contributed by atoms with E-state index in [0.717, 1.165) is 11.3 Å². The predicted molar refractivity (Wildman–Crippen MR) is 85.5 cm³/mol. The minimum Gasteiger partial charge on any atom is -0.461 e. The molecule has 24 heavy (non-hydrogen) atoms. The summed E-state index contributed by atoms with van der Waals surface area (Å²) in [7, 11) is 0. The maximum absolute atomic E-state index is 13.0. The Bertz CT molecular complexity index is 911. The van der Waals surface area contributed by atoms with Crippen LogP contribution in [0.3, 0.4) is 0 Å². The summed E-state index contributed by atoms with van der Waals surface area (Å²) in [6.45, 7) is 2.00. The van der Waals surface area contributed by atoms with E-state index in [1.165, 1.54) is 28.3 Å². The van der Waals surface area contributed by atoms with Gasteiger partial charge in [0.2, 0.25) is 5.89 Å². The van der Waals surface area contributed by atoms with Crippen molar-refractivity contribution < 1.29 is 18.3 Å². The number of hydrogen-bond acceptors (Lipinski definition) is 6. The van der Waals surface area contributed by atoms with Gasteiger partial charge in [-0.1, -0.05) is 11.3 Å². The van der Waals surface area contributed by atoms with Crippen molar-refractivity contribution in [2.24, 2.45) is 0 Å². The first-order valence-electron chi connectivity index (χ1n) is 7.14. The molecule has 2 heterocycles. The SMILES string of the molecule is CCOC(=O)c1csc(=O)n1Cc1coc(-c2ccc(F)cc2)n1. The van der Waals surface area contributed by atoms with Crippen LogP contribution in [0.15, 0.2) is 45.1 Å². The number of esters is 1. The first-order chi connectivity index (χ1) is 11.6. The summed E-state index contributed by atoms with van der Waals surface area (Å²) in [6, 6.07) is 5.71. The van der Waals surface area contributed by atoms with Crippen LogP contribution < -0.4 is 4.87 Å². The molecular weight excluding hydrogens is 335 g/mol. The van der Waals surface area contributed by atoms with Crippen LogP contribution in [0.2, 0.25) is 0 Å². The molecule has 0 amide bonds. The molecular formula is C16H13FN2O4S. The van der Waals surface area contributed by atoms with E-state index in [9.17, 15) is 14.0 Å². The third kappa shape index (κ3) is 3.28. The third-order valence-electron chi connectivity index (χ3n) is 3.23. The fraction of sp³-hybridized carbons (Fsp3) is 0.188. The normalized spacial score (nSPS) is 10.8. The van der Waals surface area contributed by atoms with Crippen LogP contribution in [-0.2, 0) is 11.3 Å². The minimum absolute atomic E-state index is 0.0845. The molecule has 0 N–H and O–H groups in total. The van der Waals surface area contributed by atoms with Crippen molar-refractivity contribution in [1.29, 1.82) is 0 Å². The van der Waals surface area contributed by atoms with E-state index in [1.54, 1.807) is 19.1 Å². The predicted octanol–water partition coefficient (Wildman–Crippen LogP) is 2.93. The molecule has 0 aliphatic heterocycles. The fourth-order valence-electron chi connectivity index (χ4n) is 2.11. The summed E-state index contributed by atoms with van der Waals surface area (Å²) in [4.78, 5) is 27.8. The average Bonchev–Trinajstić information content (AvgIpc) is 3.17. The molecule has 6 nitrogen and oxygen atoms in total. The first-order valence-corrected chi connectivity index (χ1v) is 8.02. The van der Waals surface area contributed by atoms with Gasteiger partial charge in [0.25, 0.3) is 0 Å². The second-order valence-corrected chi connectivity index (χ2v) is 5.66. The fourth-order valence-corrected chi connectivity index (χ4v) is 2.84. The molecule has 0 fully saturated rings. The smallest absolute Gasteiger partial charge is 0.355 e. The highest BCUT2D eigenvalue weighted by atomic mass is 32.1. The van der Waals surface area contributed by atoms with E-state index < -0.39 is 5.97 Å². The molecule has 8 heteroatoms. The van der Waals surface area contributed by atoms with E-state index >= 15 is 0 Å². The van der Waals surface area contributed by atoms with E-state index in [2.05, 4.69) is 4.98 Å². The lowest BCUT2D eigenvalue weighted by Crippen LogP contribution is -2.21. The van der Waals surface area contributed by atoms with Gasteiger partial charge in [0.15, 0.2) is 0 Å². The summed E-state index contributed by atoms with van der Waals surface area (Å²) in [5.74, 6) is -0.599. The summed E-state index contributed by atoms with van der Waals surface area (Å²) in [5, 5.41) is 1.46. The Balaban J connectivity index is 1.85. The molecule has 3 rings (SSSR count). The number of benzene rings is 1. The van der Waals surface area contributed by atoms with Gasteiger partial charge in [0.05, 0.1) is 18.8 Å². The molecule has 0 aliphatic carbocycles. The Hall–Kier alpha value is -2.74. The third-order valence-corrected chi connectivity index (χ3v) is 3.99. The van der Waals surface area contributed by atoms with Gasteiger partial charge in [-0.3, -0.25) is 9.36 Å². The molecule has 0 bridgehead atoms. The highest BCUT2D eigenvalue weighted by Gasteiger charge is 2.17. The maximum Gasteiger partial charge on any atom is 0.355 e. The first kappa shape index (κ1) is 16.1. The molecule has 3 aromatic rings. The Morgan fingerprint density at radius 2 is 2.12 bits per heavy atom. The highest BCUT2D eigenvalue weighted by molar-refractivity contribution is 7.07. The lowest BCUT2D eigenvalue weighted by atomic mass is 10.2. The monoisotopic (exact) mass is 348 g/mol. The van der Waals surface area contributed by atoms with Crippen molar-refractivity contribution >= 4 is 17.3 Å². The van der Waals surface area contributed by atoms with Crippen LogP contribution in [0.25, 0.3) is 11.5 Å². The van der Waals surface area contributed by atoms with Gasteiger partial charge < -0.3 is 9.15 Å². The minimum atomic E-state index is -0.557. The van der Waals surface area contributed by atoms with Gasteiger partial charge in [0.1, 0.15) is 17.8 Å². The van der Waals surface area contributed by atoms with Crippen molar-refractivity contribution in [1.82, 2.24) is 9.55 Å². The van der Waals surface area contributed by atoms with Crippen LogP contribution in [0.1, 0.15) is 23.1 Å². The molecule has 0 spiro atoms. The number of ether oxygens (including phenoxy) is 1.